The second kappa shape index (κ2) is 14.0. The number of carbonyl (C=O) groups excluding carboxylic acids is 2. The smallest absolute Gasteiger partial charge is 0.264 e. The molecule has 8 heteroatoms. The molecule has 2 amide bonds. The van der Waals surface area contributed by atoms with Gasteiger partial charge in [0.05, 0.1) is 10.6 Å². The van der Waals surface area contributed by atoms with Crippen molar-refractivity contribution in [3.05, 3.63) is 132 Å². The lowest BCUT2D eigenvalue weighted by atomic mass is 10.0. The highest BCUT2D eigenvalue weighted by atomic mass is 32.2. The van der Waals surface area contributed by atoms with Crippen LogP contribution in [0.4, 0.5) is 5.69 Å². The molecule has 218 valence electrons. The van der Waals surface area contributed by atoms with Gasteiger partial charge >= 0.3 is 0 Å². The minimum absolute atomic E-state index is 0.0745. The molecule has 0 aliphatic carbocycles. The van der Waals surface area contributed by atoms with Gasteiger partial charge in [0.25, 0.3) is 10.0 Å². The van der Waals surface area contributed by atoms with Gasteiger partial charge in [0.1, 0.15) is 12.6 Å². The summed E-state index contributed by atoms with van der Waals surface area (Å²) >= 11 is 0. The summed E-state index contributed by atoms with van der Waals surface area (Å²) in [6.07, 6.45) is 0.272. The highest BCUT2D eigenvalue weighted by molar-refractivity contribution is 7.92. The van der Waals surface area contributed by atoms with Gasteiger partial charge in [-0.1, -0.05) is 91.0 Å². The van der Waals surface area contributed by atoms with E-state index in [9.17, 15) is 18.0 Å². The third-order valence-corrected chi connectivity index (χ3v) is 8.75. The number of anilines is 1. The van der Waals surface area contributed by atoms with Gasteiger partial charge < -0.3 is 10.2 Å². The van der Waals surface area contributed by atoms with E-state index in [1.165, 1.54) is 17.0 Å². The largest absolute Gasteiger partial charge is 0.352 e. The highest BCUT2D eigenvalue weighted by Crippen LogP contribution is 2.25. The zero-order valence-electron chi connectivity index (χ0n) is 24.2. The number of nitrogens with zero attached hydrogens (tertiary/aromatic N) is 2. The number of hydrogen-bond acceptors (Lipinski definition) is 4. The van der Waals surface area contributed by atoms with E-state index in [2.05, 4.69) is 5.32 Å². The Bertz CT molecular complexity index is 1580. The first-order valence-electron chi connectivity index (χ1n) is 14.0. The highest BCUT2D eigenvalue weighted by Gasteiger charge is 2.34. The molecular weight excluding hydrogens is 546 g/mol. The van der Waals surface area contributed by atoms with Crippen molar-refractivity contribution < 1.29 is 18.0 Å². The van der Waals surface area contributed by atoms with Crippen molar-refractivity contribution in [3.63, 3.8) is 0 Å². The summed E-state index contributed by atoms with van der Waals surface area (Å²) in [5.74, 6) is -0.783. The molecule has 0 aliphatic heterocycles. The molecule has 42 heavy (non-hydrogen) atoms. The molecule has 0 saturated carbocycles. The van der Waals surface area contributed by atoms with Crippen LogP contribution >= 0.6 is 0 Å². The number of hydrogen-bond donors (Lipinski definition) is 1. The number of sulfonamides is 1. The van der Waals surface area contributed by atoms with E-state index >= 15 is 0 Å². The molecule has 7 nitrogen and oxygen atoms in total. The van der Waals surface area contributed by atoms with Crippen molar-refractivity contribution in [3.8, 4) is 0 Å². The Morgan fingerprint density at radius 2 is 1.31 bits per heavy atom. The first-order valence-corrected chi connectivity index (χ1v) is 15.4. The van der Waals surface area contributed by atoms with Gasteiger partial charge in [-0.25, -0.2) is 8.42 Å². The number of benzene rings is 4. The maximum atomic E-state index is 14.4. The van der Waals surface area contributed by atoms with Gasteiger partial charge in [0.2, 0.25) is 11.8 Å². The quantitative estimate of drug-likeness (QED) is 0.244. The summed E-state index contributed by atoms with van der Waals surface area (Å²) in [6.45, 7) is 5.35. The molecule has 0 saturated heterocycles. The Balaban J connectivity index is 1.79. The van der Waals surface area contributed by atoms with Gasteiger partial charge in [-0.15, -0.1) is 0 Å². The normalized spacial score (nSPS) is 12.0. The number of para-hydroxylation sites is 1. The SMILES string of the molecule is Cc1ccccc1CN(C(=O)CN(c1ccccc1)S(=O)(=O)c1ccccc1)[C@@H](Cc1ccccc1)C(=O)NC(C)C. The molecule has 4 aromatic carbocycles. The van der Waals surface area contributed by atoms with Crippen LogP contribution in [0.3, 0.4) is 0 Å². The van der Waals surface area contributed by atoms with Crippen molar-refractivity contribution in [2.45, 2.75) is 50.7 Å². The lowest BCUT2D eigenvalue weighted by Gasteiger charge is -2.34. The second-order valence-corrected chi connectivity index (χ2v) is 12.3. The number of amides is 2. The van der Waals surface area contributed by atoms with Gasteiger partial charge in [-0.2, -0.15) is 0 Å². The van der Waals surface area contributed by atoms with Crippen LogP contribution in [0, 0.1) is 6.92 Å². The number of carbonyl (C=O) groups is 2. The molecule has 0 unspecified atom stereocenters. The fraction of sp³-hybridized carbons (Fsp3) is 0.235. The molecule has 1 atom stereocenters. The van der Waals surface area contributed by atoms with Crippen LogP contribution in [0.2, 0.25) is 0 Å². The number of nitrogens with one attached hydrogen (secondary N) is 1. The average Bonchev–Trinajstić information content (AvgIpc) is 2.99. The maximum Gasteiger partial charge on any atom is 0.264 e. The van der Waals surface area contributed by atoms with Crippen LogP contribution in [-0.2, 0) is 32.6 Å². The Hall–Kier alpha value is -4.43. The fourth-order valence-corrected chi connectivity index (χ4v) is 6.18. The van der Waals surface area contributed by atoms with E-state index in [4.69, 9.17) is 0 Å². The standard InChI is InChI=1S/C34H37N3O4S/c1-26(2)35-34(39)32(23-28-16-7-4-8-17-28)36(24-29-18-14-13-15-27(29)3)33(38)25-37(30-19-9-5-10-20-30)42(40,41)31-21-11-6-12-22-31/h4-22,26,32H,23-25H2,1-3H3,(H,35,39)/t32-/m0/s1. The van der Waals surface area contributed by atoms with Gasteiger partial charge in [0, 0.05) is 19.0 Å². The summed E-state index contributed by atoms with van der Waals surface area (Å²) in [7, 11) is -4.10. The molecule has 1 N–H and O–H groups in total. The van der Waals surface area contributed by atoms with E-state index < -0.39 is 28.5 Å². The first kappa shape index (κ1) is 30.5. The number of aryl methyl sites for hydroxylation is 1. The molecular formula is C34H37N3O4S. The van der Waals surface area contributed by atoms with Crippen LogP contribution in [0.15, 0.2) is 120 Å². The average molecular weight is 584 g/mol. The van der Waals surface area contributed by atoms with Crippen molar-refractivity contribution in [2.24, 2.45) is 0 Å². The molecule has 0 aliphatic rings. The van der Waals surface area contributed by atoms with Crippen LogP contribution in [0.1, 0.15) is 30.5 Å². The predicted octanol–water partition coefficient (Wildman–Crippen LogP) is 5.36. The first-order chi connectivity index (χ1) is 20.2. The van der Waals surface area contributed by atoms with E-state index in [0.29, 0.717) is 5.69 Å². The lowest BCUT2D eigenvalue weighted by Crippen LogP contribution is -2.54. The van der Waals surface area contributed by atoms with E-state index in [0.717, 1.165) is 21.0 Å². The second-order valence-electron chi connectivity index (χ2n) is 10.5. The Kier molecular flexibility index (Phi) is 10.1. The lowest BCUT2D eigenvalue weighted by molar-refractivity contribution is -0.140. The molecule has 0 spiro atoms. The Morgan fingerprint density at radius 3 is 1.90 bits per heavy atom. The van der Waals surface area contributed by atoms with Crippen molar-refractivity contribution >= 4 is 27.5 Å². The van der Waals surface area contributed by atoms with E-state index in [1.807, 2.05) is 75.4 Å². The van der Waals surface area contributed by atoms with Crippen molar-refractivity contribution in [1.29, 1.82) is 0 Å². The molecule has 0 radical (unpaired) electrons. The summed E-state index contributed by atoms with van der Waals surface area (Å²) in [5.41, 5.74) is 3.09. The zero-order chi connectivity index (χ0) is 30.1. The third kappa shape index (κ3) is 7.64. The minimum atomic E-state index is -4.10. The Morgan fingerprint density at radius 1 is 0.762 bits per heavy atom. The van der Waals surface area contributed by atoms with Gasteiger partial charge in [0.15, 0.2) is 0 Å². The van der Waals surface area contributed by atoms with Crippen LogP contribution in [0.25, 0.3) is 0 Å². The van der Waals surface area contributed by atoms with Crippen LogP contribution < -0.4 is 9.62 Å². The molecule has 4 rings (SSSR count). The monoisotopic (exact) mass is 583 g/mol. The van der Waals surface area contributed by atoms with Gasteiger partial charge in [-0.05, 0) is 61.7 Å². The maximum absolute atomic E-state index is 14.4. The molecule has 0 heterocycles. The van der Waals surface area contributed by atoms with Crippen LogP contribution in [-0.4, -0.2) is 43.8 Å². The molecule has 0 bridgehead atoms. The van der Waals surface area contributed by atoms with Crippen molar-refractivity contribution in [1.82, 2.24) is 10.2 Å². The predicted molar refractivity (Wildman–Crippen MR) is 166 cm³/mol. The topological polar surface area (TPSA) is 86.8 Å². The molecule has 0 aromatic heterocycles. The van der Waals surface area contributed by atoms with Crippen molar-refractivity contribution in [2.75, 3.05) is 10.8 Å². The Labute approximate surface area is 248 Å². The minimum Gasteiger partial charge on any atom is -0.352 e. The summed E-state index contributed by atoms with van der Waals surface area (Å²) in [4.78, 5) is 29.7. The third-order valence-electron chi connectivity index (χ3n) is 6.96. The number of rotatable bonds is 12. The van der Waals surface area contributed by atoms with Gasteiger partial charge in [-0.3, -0.25) is 13.9 Å². The van der Waals surface area contributed by atoms with E-state index in [1.54, 1.807) is 48.5 Å². The summed E-state index contributed by atoms with van der Waals surface area (Å²) < 4.78 is 29.0. The summed E-state index contributed by atoms with van der Waals surface area (Å²) in [6, 6.07) is 32.8. The zero-order valence-corrected chi connectivity index (χ0v) is 25.0. The molecule has 0 fully saturated rings. The van der Waals surface area contributed by atoms with Crippen LogP contribution in [0.5, 0.6) is 0 Å². The van der Waals surface area contributed by atoms with E-state index in [-0.39, 0.29) is 29.8 Å². The summed E-state index contributed by atoms with van der Waals surface area (Å²) in [5, 5.41) is 2.98. The fourth-order valence-electron chi connectivity index (χ4n) is 4.75. The molecule has 4 aromatic rings.